The molecular weight excluding hydrogens is 303 g/mol. The van der Waals surface area contributed by atoms with Crippen molar-refractivity contribution in [3.8, 4) is 0 Å². The van der Waals surface area contributed by atoms with Crippen molar-refractivity contribution in [3.63, 3.8) is 0 Å². The summed E-state index contributed by atoms with van der Waals surface area (Å²) in [6, 6.07) is 0. The topological polar surface area (TPSA) is 17.1 Å². The molecule has 0 saturated carbocycles. The molecule has 1 radical (unpaired) electrons. The van der Waals surface area contributed by atoms with Gasteiger partial charge in [-0.05, 0) is 0 Å². The van der Waals surface area contributed by atoms with E-state index < -0.39 is 20.5 Å². The second-order valence-corrected chi connectivity index (χ2v) is 2.67. The Kier molecular flexibility index (Phi) is 5.42. The van der Waals surface area contributed by atoms with Crippen LogP contribution in [-0.4, -0.2) is 20.5 Å². The summed E-state index contributed by atoms with van der Waals surface area (Å²) in [4.78, 5) is 0. The van der Waals surface area contributed by atoms with Gasteiger partial charge in [-0.2, -0.15) is 0 Å². The fourth-order valence-electron chi connectivity index (χ4n) is 0. The summed E-state index contributed by atoms with van der Waals surface area (Å²) in [5.41, 5.74) is 0. The molecular formula is AgF3OSb. The van der Waals surface area contributed by atoms with Gasteiger partial charge in [0.1, 0.15) is 0 Å². The van der Waals surface area contributed by atoms with Crippen molar-refractivity contribution in [2.45, 2.75) is 0 Å². The number of hydrogen-bond donors (Lipinski definition) is 0. The van der Waals surface area contributed by atoms with Crippen molar-refractivity contribution in [2.24, 2.45) is 0 Å². The summed E-state index contributed by atoms with van der Waals surface area (Å²) in [6.07, 6.45) is 0. The predicted octanol–water partition coefficient (Wildman–Crippen LogP) is 0.759. The standard InChI is InChI=1S/Ag.3FH.O.Sb/h;3*1H;;/q;;;;;+3/p-3. The van der Waals surface area contributed by atoms with E-state index in [0.717, 1.165) is 0 Å². The summed E-state index contributed by atoms with van der Waals surface area (Å²) in [6.45, 7) is 0. The van der Waals surface area contributed by atoms with Gasteiger partial charge >= 0.3 is 32.0 Å². The van der Waals surface area contributed by atoms with Crippen LogP contribution in [0, 0.1) is 0 Å². The van der Waals surface area contributed by atoms with Crippen LogP contribution < -0.4 is 0 Å². The first kappa shape index (κ1) is 10.2. The molecule has 0 spiro atoms. The van der Waals surface area contributed by atoms with Crippen LogP contribution in [0.15, 0.2) is 0 Å². The van der Waals surface area contributed by atoms with Crippen LogP contribution in [0.4, 0.5) is 8.44 Å². The third-order valence-electron chi connectivity index (χ3n) is 0. The molecule has 0 N–H and O–H groups in total. The maximum atomic E-state index is 10.00. The number of hydrogen-bond acceptors (Lipinski definition) is 1. The van der Waals surface area contributed by atoms with Crippen LogP contribution in [0.2, 0.25) is 0 Å². The quantitative estimate of drug-likeness (QED) is 0.604. The van der Waals surface area contributed by atoms with Crippen LogP contribution in [0.1, 0.15) is 0 Å². The summed E-state index contributed by atoms with van der Waals surface area (Å²) >= 11 is -6.85. The van der Waals surface area contributed by atoms with Crippen molar-refractivity contribution >= 4 is 20.5 Å². The fraction of sp³-hybridized carbons (Fsp3) is 0. The maximum absolute atomic E-state index is 10.00. The van der Waals surface area contributed by atoms with Crippen LogP contribution in [0.25, 0.3) is 0 Å². The number of rotatable bonds is 0. The molecule has 6 heavy (non-hydrogen) atoms. The Morgan fingerprint density at radius 3 is 1.17 bits per heavy atom. The fourth-order valence-corrected chi connectivity index (χ4v) is 0. The van der Waals surface area contributed by atoms with E-state index >= 15 is 0 Å². The van der Waals surface area contributed by atoms with Crippen molar-refractivity contribution in [3.05, 3.63) is 0 Å². The van der Waals surface area contributed by atoms with E-state index in [4.69, 9.17) is 3.02 Å². The second kappa shape index (κ2) is 3.19. The summed E-state index contributed by atoms with van der Waals surface area (Å²) < 4.78 is 38.3. The first-order valence-electron chi connectivity index (χ1n) is 0.690. The Morgan fingerprint density at radius 2 is 1.17 bits per heavy atom. The normalized spacial score (nSPS) is 9.83. The molecule has 0 atom stereocenters. The number of halogens is 3. The Morgan fingerprint density at radius 1 is 1.17 bits per heavy atom. The van der Waals surface area contributed by atoms with E-state index in [2.05, 4.69) is 0 Å². The molecule has 0 aromatic carbocycles. The van der Waals surface area contributed by atoms with Gasteiger partial charge in [0, 0.05) is 22.4 Å². The first-order chi connectivity index (χ1) is 2.00. The zero-order valence-electron chi connectivity index (χ0n) is 2.29. The molecule has 0 saturated heterocycles. The summed E-state index contributed by atoms with van der Waals surface area (Å²) in [5.74, 6) is 0. The van der Waals surface area contributed by atoms with Crippen LogP contribution >= 0.6 is 0 Å². The molecule has 0 fully saturated rings. The summed E-state index contributed by atoms with van der Waals surface area (Å²) in [7, 11) is 0. The van der Waals surface area contributed by atoms with Crippen molar-refractivity contribution in [2.75, 3.05) is 0 Å². The molecule has 0 unspecified atom stereocenters. The minimum absolute atomic E-state index is 0. The van der Waals surface area contributed by atoms with Crippen LogP contribution in [0.3, 0.4) is 0 Å². The van der Waals surface area contributed by atoms with Gasteiger partial charge in [-0.1, -0.05) is 0 Å². The molecule has 1 nitrogen and oxygen atoms in total. The molecule has 0 amide bonds. The predicted molar refractivity (Wildman–Crippen MR) is 9.76 cm³/mol. The Balaban J connectivity index is 0. The van der Waals surface area contributed by atoms with Gasteiger partial charge in [0.15, 0.2) is 0 Å². The molecule has 0 aliphatic rings. The molecule has 43 valence electrons. The van der Waals surface area contributed by atoms with Gasteiger partial charge in [-0.3, -0.25) is 0 Å². The van der Waals surface area contributed by atoms with Gasteiger partial charge in [0.2, 0.25) is 0 Å². The van der Waals surface area contributed by atoms with Gasteiger partial charge in [0.25, 0.3) is 0 Å². The summed E-state index contributed by atoms with van der Waals surface area (Å²) in [5, 5.41) is 0. The van der Waals surface area contributed by atoms with E-state index in [1.54, 1.807) is 0 Å². The molecule has 0 aliphatic carbocycles. The van der Waals surface area contributed by atoms with Crippen LogP contribution in [0.5, 0.6) is 0 Å². The third kappa shape index (κ3) is 67.2. The van der Waals surface area contributed by atoms with Crippen molar-refractivity contribution in [1.29, 1.82) is 0 Å². The molecule has 0 aliphatic heterocycles. The van der Waals surface area contributed by atoms with E-state index in [0.29, 0.717) is 0 Å². The van der Waals surface area contributed by atoms with E-state index in [1.807, 2.05) is 0 Å². The molecule has 6 heteroatoms. The SMILES string of the molecule is [Ag].[O]=[Sb]([F])([F])[F]. The van der Waals surface area contributed by atoms with Crippen molar-refractivity contribution < 1.29 is 33.8 Å². The van der Waals surface area contributed by atoms with Gasteiger partial charge in [0.05, 0.1) is 0 Å². The van der Waals surface area contributed by atoms with E-state index in [-0.39, 0.29) is 22.4 Å². The van der Waals surface area contributed by atoms with Gasteiger partial charge < -0.3 is 0 Å². The van der Waals surface area contributed by atoms with Crippen LogP contribution in [-0.2, 0) is 25.4 Å². The Hall–Kier alpha value is 1.15. The molecule has 0 aromatic heterocycles. The second-order valence-electron chi connectivity index (χ2n) is 0.399. The molecule has 0 bridgehead atoms. The van der Waals surface area contributed by atoms with Crippen molar-refractivity contribution in [1.82, 2.24) is 0 Å². The molecule has 0 rings (SSSR count). The zero-order chi connectivity index (χ0) is 4.50. The average Bonchev–Trinajstić information content (AvgIpc) is 0.722. The zero-order valence-corrected chi connectivity index (χ0v) is 6.33. The minimum atomic E-state index is -6.85. The van der Waals surface area contributed by atoms with E-state index in [9.17, 15) is 8.44 Å². The Bertz CT molecular complexity index is 56.9. The third-order valence-corrected chi connectivity index (χ3v) is 0. The van der Waals surface area contributed by atoms with Gasteiger partial charge in [-0.15, -0.1) is 0 Å². The Labute approximate surface area is 54.2 Å². The first-order valence-corrected chi connectivity index (χ1v) is 4.63. The van der Waals surface area contributed by atoms with E-state index in [1.165, 1.54) is 0 Å². The molecule has 0 heterocycles. The monoisotopic (exact) mass is 301 g/mol. The average molecular weight is 303 g/mol. The molecule has 0 aromatic rings. The van der Waals surface area contributed by atoms with Gasteiger partial charge in [-0.25, -0.2) is 0 Å².